The molecule has 1 aliphatic carbocycles. The molecule has 5 nitrogen and oxygen atoms in total. The quantitative estimate of drug-likeness (QED) is 0.749. The lowest BCUT2D eigenvalue weighted by Crippen LogP contribution is -2.17. The van der Waals surface area contributed by atoms with Gasteiger partial charge in [0.1, 0.15) is 0 Å². The Morgan fingerprint density at radius 1 is 1.15 bits per heavy atom. The second-order valence-electron chi connectivity index (χ2n) is 6.58. The van der Waals surface area contributed by atoms with Crippen molar-refractivity contribution in [1.29, 1.82) is 0 Å². The van der Waals surface area contributed by atoms with Gasteiger partial charge in [0.15, 0.2) is 11.5 Å². The monoisotopic (exact) mass is 355 g/mol. The zero-order valence-electron chi connectivity index (χ0n) is 15.0. The van der Waals surface area contributed by atoms with E-state index in [2.05, 4.69) is 5.32 Å². The predicted molar refractivity (Wildman–Crippen MR) is 99.8 cm³/mol. The standard InChI is InChI=1S/C21H25NO4/c1-25-19-11-5-8-17(20(19)26-18-9-2-3-10-18)14-22-13-15-6-4-7-16(12-15)21(23)24/h4-8,11-12,18,22H,2-3,9-10,13-14H2,1H3,(H,23,24). The average molecular weight is 355 g/mol. The molecule has 2 aromatic rings. The van der Waals surface area contributed by atoms with Crippen LogP contribution in [0, 0.1) is 0 Å². The van der Waals surface area contributed by atoms with Crippen LogP contribution >= 0.6 is 0 Å². The molecule has 0 aliphatic heterocycles. The number of rotatable bonds is 8. The zero-order chi connectivity index (χ0) is 18.4. The molecule has 1 saturated carbocycles. The molecule has 1 fully saturated rings. The van der Waals surface area contributed by atoms with Crippen molar-refractivity contribution in [2.24, 2.45) is 0 Å². The summed E-state index contributed by atoms with van der Waals surface area (Å²) in [5.41, 5.74) is 2.28. The number of para-hydroxylation sites is 1. The Balaban J connectivity index is 1.67. The Kier molecular flexibility index (Phi) is 6.12. The van der Waals surface area contributed by atoms with E-state index in [-0.39, 0.29) is 6.10 Å². The van der Waals surface area contributed by atoms with Crippen LogP contribution in [0.4, 0.5) is 0 Å². The summed E-state index contributed by atoms with van der Waals surface area (Å²) in [6.45, 7) is 1.21. The summed E-state index contributed by atoms with van der Waals surface area (Å²) in [5, 5.41) is 12.5. The van der Waals surface area contributed by atoms with Gasteiger partial charge < -0.3 is 19.9 Å². The van der Waals surface area contributed by atoms with Gasteiger partial charge in [0, 0.05) is 18.7 Å². The van der Waals surface area contributed by atoms with E-state index in [1.807, 2.05) is 24.3 Å². The van der Waals surface area contributed by atoms with Crippen LogP contribution < -0.4 is 14.8 Å². The smallest absolute Gasteiger partial charge is 0.335 e. The van der Waals surface area contributed by atoms with E-state index in [0.717, 1.165) is 35.5 Å². The largest absolute Gasteiger partial charge is 0.493 e. The third kappa shape index (κ3) is 4.55. The topological polar surface area (TPSA) is 67.8 Å². The molecule has 1 aliphatic rings. The lowest BCUT2D eigenvalue weighted by Gasteiger charge is -2.19. The summed E-state index contributed by atoms with van der Waals surface area (Å²) in [6, 6.07) is 12.9. The van der Waals surface area contributed by atoms with Crippen molar-refractivity contribution < 1.29 is 19.4 Å². The molecule has 138 valence electrons. The van der Waals surface area contributed by atoms with E-state index in [9.17, 15) is 4.79 Å². The van der Waals surface area contributed by atoms with Gasteiger partial charge in [-0.05, 0) is 49.4 Å². The van der Waals surface area contributed by atoms with Crippen LogP contribution in [-0.2, 0) is 13.1 Å². The number of aromatic carboxylic acids is 1. The van der Waals surface area contributed by atoms with Crippen molar-refractivity contribution in [2.45, 2.75) is 44.9 Å². The zero-order valence-corrected chi connectivity index (χ0v) is 15.0. The highest BCUT2D eigenvalue weighted by atomic mass is 16.5. The van der Waals surface area contributed by atoms with Crippen LogP contribution in [0.2, 0.25) is 0 Å². The van der Waals surface area contributed by atoms with Gasteiger partial charge in [-0.25, -0.2) is 4.79 Å². The first-order chi connectivity index (χ1) is 12.7. The molecule has 2 N–H and O–H groups in total. The molecule has 0 unspecified atom stereocenters. The number of carbonyl (C=O) groups is 1. The summed E-state index contributed by atoms with van der Waals surface area (Å²) in [5.74, 6) is 0.657. The molecule has 0 bridgehead atoms. The number of hydrogen-bond donors (Lipinski definition) is 2. The number of carboxylic acid groups (broad SMARTS) is 1. The van der Waals surface area contributed by atoms with E-state index in [1.165, 1.54) is 12.8 Å². The van der Waals surface area contributed by atoms with Crippen molar-refractivity contribution in [3.8, 4) is 11.5 Å². The first-order valence-electron chi connectivity index (χ1n) is 9.03. The molecule has 0 amide bonds. The minimum absolute atomic E-state index is 0.261. The molecule has 0 spiro atoms. The van der Waals surface area contributed by atoms with E-state index >= 15 is 0 Å². The van der Waals surface area contributed by atoms with Crippen molar-refractivity contribution in [1.82, 2.24) is 5.32 Å². The van der Waals surface area contributed by atoms with E-state index in [4.69, 9.17) is 14.6 Å². The lowest BCUT2D eigenvalue weighted by atomic mass is 10.1. The first kappa shape index (κ1) is 18.3. The highest BCUT2D eigenvalue weighted by Crippen LogP contribution is 2.34. The molecule has 0 saturated heterocycles. The fourth-order valence-corrected chi connectivity index (χ4v) is 3.32. The molecule has 5 heteroatoms. The summed E-state index contributed by atoms with van der Waals surface area (Å²) < 4.78 is 11.7. The fourth-order valence-electron chi connectivity index (χ4n) is 3.32. The van der Waals surface area contributed by atoms with Crippen LogP contribution in [-0.4, -0.2) is 24.3 Å². The van der Waals surface area contributed by atoms with Crippen LogP contribution in [0.5, 0.6) is 11.5 Å². The molecule has 0 atom stereocenters. The van der Waals surface area contributed by atoms with Gasteiger partial charge in [-0.15, -0.1) is 0 Å². The van der Waals surface area contributed by atoms with Crippen molar-refractivity contribution in [3.05, 3.63) is 59.2 Å². The molecule has 0 radical (unpaired) electrons. The predicted octanol–water partition coefficient (Wildman–Crippen LogP) is 4.00. The van der Waals surface area contributed by atoms with Gasteiger partial charge in [0.2, 0.25) is 0 Å². The highest BCUT2D eigenvalue weighted by Gasteiger charge is 2.20. The Morgan fingerprint density at radius 2 is 1.92 bits per heavy atom. The lowest BCUT2D eigenvalue weighted by molar-refractivity contribution is 0.0696. The van der Waals surface area contributed by atoms with E-state index in [1.54, 1.807) is 25.3 Å². The molecule has 0 aromatic heterocycles. The summed E-state index contributed by atoms with van der Waals surface area (Å²) in [4.78, 5) is 11.1. The maximum absolute atomic E-state index is 11.1. The third-order valence-electron chi connectivity index (χ3n) is 4.69. The summed E-state index contributed by atoms with van der Waals surface area (Å²) in [6.07, 6.45) is 4.87. The maximum atomic E-state index is 11.1. The molecular formula is C21H25NO4. The molecular weight excluding hydrogens is 330 g/mol. The molecule has 26 heavy (non-hydrogen) atoms. The van der Waals surface area contributed by atoms with Gasteiger partial charge in [-0.1, -0.05) is 24.3 Å². The van der Waals surface area contributed by atoms with Crippen LogP contribution in [0.15, 0.2) is 42.5 Å². The number of ether oxygens (including phenoxy) is 2. The molecule has 3 rings (SSSR count). The Labute approximate surface area is 153 Å². The van der Waals surface area contributed by atoms with Gasteiger partial charge >= 0.3 is 5.97 Å². The van der Waals surface area contributed by atoms with Crippen molar-refractivity contribution in [3.63, 3.8) is 0 Å². The molecule has 2 aromatic carbocycles. The maximum Gasteiger partial charge on any atom is 0.335 e. The molecule has 0 heterocycles. The number of nitrogens with one attached hydrogen (secondary N) is 1. The Hall–Kier alpha value is -2.53. The average Bonchev–Trinajstić information content (AvgIpc) is 3.16. The normalized spacial score (nSPS) is 14.3. The SMILES string of the molecule is COc1cccc(CNCc2cccc(C(=O)O)c2)c1OC1CCCC1. The van der Waals surface area contributed by atoms with Gasteiger partial charge in [-0.3, -0.25) is 0 Å². The van der Waals surface area contributed by atoms with Crippen LogP contribution in [0.3, 0.4) is 0 Å². The van der Waals surface area contributed by atoms with Crippen LogP contribution in [0.1, 0.15) is 47.2 Å². The number of hydrogen-bond acceptors (Lipinski definition) is 4. The second-order valence-corrected chi connectivity index (χ2v) is 6.58. The Bertz CT molecular complexity index is 753. The van der Waals surface area contributed by atoms with Crippen molar-refractivity contribution >= 4 is 5.97 Å². The van der Waals surface area contributed by atoms with Gasteiger partial charge in [0.25, 0.3) is 0 Å². The third-order valence-corrected chi connectivity index (χ3v) is 4.69. The van der Waals surface area contributed by atoms with Crippen LogP contribution in [0.25, 0.3) is 0 Å². The Morgan fingerprint density at radius 3 is 2.65 bits per heavy atom. The van der Waals surface area contributed by atoms with E-state index in [0.29, 0.717) is 18.7 Å². The van der Waals surface area contributed by atoms with Gasteiger partial charge in [0.05, 0.1) is 18.8 Å². The number of methoxy groups -OCH3 is 1. The fraction of sp³-hybridized carbons (Fsp3) is 0.381. The number of carboxylic acids is 1. The number of benzene rings is 2. The minimum atomic E-state index is -0.910. The first-order valence-corrected chi connectivity index (χ1v) is 9.03. The van der Waals surface area contributed by atoms with E-state index < -0.39 is 5.97 Å². The van der Waals surface area contributed by atoms with Gasteiger partial charge in [-0.2, -0.15) is 0 Å². The van der Waals surface area contributed by atoms with Crippen molar-refractivity contribution in [2.75, 3.05) is 7.11 Å². The minimum Gasteiger partial charge on any atom is -0.493 e. The highest BCUT2D eigenvalue weighted by molar-refractivity contribution is 5.87. The second kappa shape index (κ2) is 8.72. The summed E-state index contributed by atoms with van der Waals surface area (Å²) >= 11 is 0. The summed E-state index contributed by atoms with van der Waals surface area (Å²) in [7, 11) is 1.66.